The van der Waals surface area contributed by atoms with Crippen molar-refractivity contribution >= 4 is 5.97 Å². The van der Waals surface area contributed by atoms with E-state index in [0.29, 0.717) is 17.9 Å². The smallest absolute Gasteiger partial charge is 0.310 e. The van der Waals surface area contributed by atoms with Crippen LogP contribution in [0.5, 0.6) is 5.75 Å². The van der Waals surface area contributed by atoms with E-state index in [-0.39, 0.29) is 0 Å². The van der Waals surface area contributed by atoms with Crippen LogP contribution in [0.25, 0.3) is 0 Å². The summed E-state index contributed by atoms with van der Waals surface area (Å²) in [5, 5.41) is 9.09. The third-order valence-electron chi connectivity index (χ3n) is 2.99. The average Bonchev–Trinajstić information content (AvgIpc) is 2.45. The molecule has 0 amide bonds. The van der Waals surface area contributed by atoms with Gasteiger partial charge in [-0.25, -0.2) is 0 Å². The van der Waals surface area contributed by atoms with Crippen molar-refractivity contribution in [1.82, 2.24) is 0 Å². The van der Waals surface area contributed by atoms with Crippen molar-refractivity contribution in [1.29, 1.82) is 0 Å². The lowest BCUT2D eigenvalue weighted by Gasteiger charge is -2.14. The van der Waals surface area contributed by atoms with Crippen LogP contribution in [0.2, 0.25) is 0 Å². The van der Waals surface area contributed by atoms with Crippen LogP contribution in [0.1, 0.15) is 24.0 Å². The Morgan fingerprint density at radius 3 is 2.42 bits per heavy atom. The fourth-order valence-electron chi connectivity index (χ4n) is 1.84. The van der Waals surface area contributed by atoms with E-state index in [1.807, 2.05) is 42.5 Å². The second kappa shape index (κ2) is 6.05. The van der Waals surface area contributed by atoms with E-state index in [1.54, 1.807) is 19.1 Å². The van der Waals surface area contributed by atoms with Crippen LogP contribution in [0, 0.1) is 0 Å². The molecule has 0 unspecified atom stereocenters. The zero-order chi connectivity index (χ0) is 13.7. The molecule has 2 rings (SSSR count). The fraction of sp³-hybridized carbons (Fsp3) is 0.188. The number of benzene rings is 2. The van der Waals surface area contributed by atoms with Gasteiger partial charge in [-0.3, -0.25) is 4.79 Å². The highest BCUT2D eigenvalue weighted by Crippen LogP contribution is 2.27. The molecule has 2 aromatic carbocycles. The lowest BCUT2D eigenvalue weighted by molar-refractivity contribution is -0.138. The van der Waals surface area contributed by atoms with Crippen LogP contribution in [-0.4, -0.2) is 11.1 Å². The Morgan fingerprint density at radius 1 is 1.11 bits per heavy atom. The molecule has 1 N–H and O–H groups in total. The first-order valence-corrected chi connectivity index (χ1v) is 6.17. The standard InChI is InChI=1S/C16H16O3/c1-12(16(17)18)14-9-5-6-10-15(14)19-11-13-7-3-2-4-8-13/h2-10,12H,11H2,1H3,(H,17,18)/t12-/m1/s1. The lowest BCUT2D eigenvalue weighted by atomic mass is 10.0. The fourth-order valence-corrected chi connectivity index (χ4v) is 1.84. The SMILES string of the molecule is C[C@@H](C(=O)O)c1ccccc1OCc1ccccc1. The van der Waals surface area contributed by atoms with E-state index in [0.717, 1.165) is 5.56 Å². The van der Waals surface area contributed by atoms with Crippen molar-refractivity contribution in [3.63, 3.8) is 0 Å². The molecular weight excluding hydrogens is 240 g/mol. The van der Waals surface area contributed by atoms with E-state index >= 15 is 0 Å². The Balaban J connectivity index is 2.14. The van der Waals surface area contributed by atoms with Gasteiger partial charge in [0.15, 0.2) is 0 Å². The maximum absolute atomic E-state index is 11.1. The van der Waals surface area contributed by atoms with Gasteiger partial charge < -0.3 is 9.84 Å². The second-order valence-electron chi connectivity index (χ2n) is 4.37. The van der Waals surface area contributed by atoms with Crippen LogP contribution in [0.4, 0.5) is 0 Å². The summed E-state index contributed by atoms with van der Waals surface area (Å²) in [6, 6.07) is 17.1. The molecular formula is C16H16O3. The monoisotopic (exact) mass is 256 g/mol. The van der Waals surface area contributed by atoms with Crippen molar-refractivity contribution in [3.8, 4) is 5.75 Å². The number of hydrogen-bond acceptors (Lipinski definition) is 2. The van der Waals surface area contributed by atoms with Crippen LogP contribution < -0.4 is 4.74 Å². The first-order chi connectivity index (χ1) is 9.18. The molecule has 1 atom stereocenters. The zero-order valence-corrected chi connectivity index (χ0v) is 10.7. The number of hydrogen-bond donors (Lipinski definition) is 1. The summed E-state index contributed by atoms with van der Waals surface area (Å²) < 4.78 is 5.73. The second-order valence-corrected chi connectivity index (χ2v) is 4.37. The highest BCUT2D eigenvalue weighted by molar-refractivity contribution is 5.76. The molecule has 0 aromatic heterocycles. The Labute approximate surface area is 112 Å². The lowest BCUT2D eigenvalue weighted by Crippen LogP contribution is -2.09. The summed E-state index contributed by atoms with van der Waals surface area (Å²) in [5.41, 5.74) is 1.76. The van der Waals surface area contributed by atoms with Gasteiger partial charge in [-0.15, -0.1) is 0 Å². The van der Waals surface area contributed by atoms with Gasteiger partial charge in [0.1, 0.15) is 12.4 Å². The third kappa shape index (κ3) is 3.35. The first-order valence-electron chi connectivity index (χ1n) is 6.17. The molecule has 2 aromatic rings. The number of para-hydroxylation sites is 1. The van der Waals surface area contributed by atoms with Crippen LogP contribution in [0.3, 0.4) is 0 Å². The molecule has 0 aliphatic heterocycles. The van der Waals surface area contributed by atoms with Crippen molar-refractivity contribution < 1.29 is 14.6 Å². The Bertz CT molecular complexity index is 549. The normalized spacial score (nSPS) is 11.8. The van der Waals surface area contributed by atoms with E-state index in [9.17, 15) is 4.79 Å². The molecule has 19 heavy (non-hydrogen) atoms. The molecule has 98 valence electrons. The summed E-state index contributed by atoms with van der Waals surface area (Å²) in [7, 11) is 0. The highest BCUT2D eigenvalue weighted by Gasteiger charge is 2.17. The molecule has 0 heterocycles. The number of ether oxygens (including phenoxy) is 1. The number of rotatable bonds is 5. The first kappa shape index (κ1) is 13.1. The summed E-state index contributed by atoms with van der Waals surface area (Å²) in [5.74, 6) is -0.802. The third-order valence-corrected chi connectivity index (χ3v) is 2.99. The number of carbonyl (C=O) groups is 1. The van der Waals surface area contributed by atoms with Crippen LogP contribution in [-0.2, 0) is 11.4 Å². The van der Waals surface area contributed by atoms with Gasteiger partial charge in [0.05, 0.1) is 5.92 Å². The molecule has 0 saturated carbocycles. The maximum atomic E-state index is 11.1. The summed E-state index contributed by atoms with van der Waals surface area (Å²) in [6.45, 7) is 2.09. The van der Waals surface area contributed by atoms with E-state index in [2.05, 4.69) is 0 Å². The molecule has 3 heteroatoms. The van der Waals surface area contributed by atoms with Crippen LogP contribution >= 0.6 is 0 Å². The summed E-state index contributed by atoms with van der Waals surface area (Å²) >= 11 is 0. The average molecular weight is 256 g/mol. The minimum absolute atomic E-state index is 0.435. The van der Waals surface area contributed by atoms with Gasteiger partial charge in [0.2, 0.25) is 0 Å². The number of aliphatic carboxylic acids is 1. The van der Waals surface area contributed by atoms with Gasteiger partial charge in [-0.2, -0.15) is 0 Å². The van der Waals surface area contributed by atoms with Gasteiger partial charge >= 0.3 is 5.97 Å². The maximum Gasteiger partial charge on any atom is 0.310 e. The molecule has 0 fully saturated rings. The van der Waals surface area contributed by atoms with E-state index < -0.39 is 11.9 Å². The number of carboxylic acid groups (broad SMARTS) is 1. The molecule has 0 radical (unpaired) electrons. The summed E-state index contributed by atoms with van der Waals surface area (Å²) in [4.78, 5) is 11.1. The Morgan fingerprint density at radius 2 is 1.74 bits per heavy atom. The molecule has 0 spiro atoms. The molecule has 0 aliphatic carbocycles. The molecule has 3 nitrogen and oxygen atoms in total. The van der Waals surface area contributed by atoms with Crippen molar-refractivity contribution in [2.45, 2.75) is 19.4 Å². The van der Waals surface area contributed by atoms with Crippen molar-refractivity contribution in [2.75, 3.05) is 0 Å². The number of carboxylic acids is 1. The minimum Gasteiger partial charge on any atom is -0.489 e. The molecule has 0 saturated heterocycles. The largest absolute Gasteiger partial charge is 0.489 e. The van der Waals surface area contributed by atoms with Crippen molar-refractivity contribution in [3.05, 3.63) is 65.7 Å². The van der Waals surface area contributed by atoms with E-state index in [4.69, 9.17) is 9.84 Å². The van der Waals surface area contributed by atoms with Crippen molar-refractivity contribution in [2.24, 2.45) is 0 Å². The van der Waals surface area contributed by atoms with Gasteiger partial charge in [0.25, 0.3) is 0 Å². The van der Waals surface area contributed by atoms with E-state index in [1.165, 1.54) is 0 Å². The van der Waals surface area contributed by atoms with Crippen LogP contribution in [0.15, 0.2) is 54.6 Å². The minimum atomic E-state index is -0.851. The summed E-state index contributed by atoms with van der Waals surface area (Å²) in [6.07, 6.45) is 0. The van der Waals surface area contributed by atoms with Gasteiger partial charge in [-0.05, 0) is 18.6 Å². The molecule has 0 aliphatic rings. The topological polar surface area (TPSA) is 46.5 Å². The predicted octanol–water partition coefficient (Wildman–Crippen LogP) is 3.45. The highest BCUT2D eigenvalue weighted by atomic mass is 16.5. The quantitative estimate of drug-likeness (QED) is 0.891. The Kier molecular flexibility index (Phi) is 4.18. The van der Waals surface area contributed by atoms with Gasteiger partial charge in [-0.1, -0.05) is 48.5 Å². The molecule has 0 bridgehead atoms. The van der Waals surface area contributed by atoms with Gasteiger partial charge in [0, 0.05) is 5.56 Å². The predicted molar refractivity (Wildman–Crippen MR) is 73.3 cm³/mol. The zero-order valence-electron chi connectivity index (χ0n) is 10.7. The Hall–Kier alpha value is -2.29.